The van der Waals surface area contributed by atoms with Gasteiger partial charge < -0.3 is 10.4 Å². The van der Waals surface area contributed by atoms with Crippen molar-refractivity contribution < 1.29 is 19.1 Å². The van der Waals surface area contributed by atoms with Crippen LogP contribution in [0.1, 0.15) is 33.1 Å². The molecule has 6 heteroatoms. The molecule has 0 bridgehead atoms. The molecule has 0 aliphatic carbocycles. The van der Waals surface area contributed by atoms with Crippen LogP contribution in [0.5, 0.6) is 0 Å². The number of aliphatic carboxylic acids is 1. The number of pyridine rings is 1. The second-order valence-electron chi connectivity index (χ2n) is 4.37. The van der Waals surface area contributed by atoms with E-state index in [1.165, 1.54) is 12.3 Å². The summed E-state index contributed by atoms with van der Waals surface area (Å²) in [7, 11) is 0. The van der Waals surface area contributed by atoms with Gasteiger partial charge >= 0.3 is 5.97 Å². The molecule has 0 aromatic carbocycles. The van der Waals surface area contributed by atoms with Gasteiger partial charge in [-0.3, -0.25) is 14.6 Å². The summed E-state index contributed by atoms with van der Waals surface area (Å²) in [6, 6.07) is 1.33. The normalized spacial score (nSPS) is 11.1. The van der Waals surface area contributed by atoms with Gasteiger partial charge in [-0.25, -0.2) is 4.39 Å². The van der Waals surface area contributed by atoms with Crippen molar-refractivity contribution in [1.29, 1.82) is 0 Å². The van der Waals surface area contributed by atoms with Crippen LogP contribution in [0.4, 0.5) is 10.1 Å². The number of carboxylic acid groups (broad SMARTS) is 1. The lowest BCUT2D eigenvalue weighted by Crippen LogP contribution is -2.34. The van der Waals surface area contributed by atoms with Gasteiger partial charge in [-0.1, -0.05) is 13.8 Å². The summed E-state index contributed by atoms with van der Waals surface area (Å²) in [4.78, 5) is 26.7. The number of carboxylic acids is 1. The molecule has 0 unspecified atom stereocenters. The summed E-state index contributed by atoms with van der Waals surface area (Å²) in [6.45, 7) is 3.44. The molecule has 1 amide bonds. The van der Waals surface area contributed by atoms with Gasteiger partial charge in [0.2, 0.25) is 5.91 Å². The van der Waals surface area contributed by atoms with E-state index in [1.54, 1.807) is 13.8 Å². The Morgan fingerprint density at radius 1 is 1.42 bits per heavy atom. The van der Waals surface area contributed by atoms with Crippen LogP contribution in [0.3, 0.4) is 0 Å². The Kier molecular flexibility index (Phi) is 4.97. The molecule has 1 heterocycles. The zero-order chi connectivity index (χ0) is 14.5. The number of hydrogen-bond donors (Lipinski definition) is 2. The van der Waals surface area contributed by atoms with E-state index in [0.717, 1.165) is 6.20 Å². The van der Waals surface area contributed by atoms with Crippen LogP contribution in [0.15, 0.2) is 18.5 Å². The molecule has 5 nitrogen and oxygen atoms in total. The van der Waals surface area contributed by atoms with E-state index in [0.29, 0.717) is 12.8 Å². The summed E-state index contributed by atoms with van der Waals surface area (Å²) in [6.07, 6.45) is 2.83. The first kappa shape index (κ1) is 15.1. The summed E-state index contributed by atoms with van der Waals surface area (Å²) >= 11 is 0. The Bertz CT molecular complexity index is 473. The lowest BCUT2D eigenvalue weighted by atomic mass is 9.79. The molecule has 19 heavy (non-hydrogen) atoms. The fraction of sp³-hybridized carbons (Fsp3) is 0.462. The number of carbonyl (C=O) groups is 2. The minimum atomic E-state index is -1.10. The van der Waals surface area contributed by atoms with Gasteiger partial charge in [0, 0.05) is 12.6 Å². The van der Waals surface area contributed by atoms with Crippen LogP contribution in [-0.4, -0.2) is 22.0 Å². The number of aromatic nitrogens is 1. The fourth-order valence-electron chi connectivity index (χ4n) is 1.86. The van der Waals surface area contributed by atoms with Crippen LogP contribution in [-0.2, 0) is 9.59 Å². The maximum atomic E-state index is 13.3. The van der Waals surface area contributed by atoms with E-state index in [2.05, 4.69) is 10.3 Å². The molecule has 0 aliphatic rings. The number of nitrogens with one attached hydrogen (secondary N) is 1. The Balaban J connectivity index is 2.80. The van der Waals surface area contributed by atoms with E-state index in [4.69, 9.17) is 0 Å². The van der Waals surface area contributed by atoms with E-state index in [-0.39, 0.29) is 12.1 Å². The molecular formula is C13H17FN2O3. The van der Waals surface area contributed by atoms with Gasteiger partial charge in [0.1, 0.15) is 0 Å². The largest absolute Gasteiger partial charge is 0.481 e. The molecule has 0 saturated heterocycles. The van der Waals surface area contributed by atoms with Crippen molar-refractivity contribution in [2.24, 2.45) is 5.41 Å². The fourth-order valence-corrected chi connectivity index (χ4v) is 1.86. The second kappa shape index (κ2) is 6.26. The van der Waals surface area contributed by atoms with Gasteiger partial charge in [0.25, 0.3) is 0 Å². The number of rotatable bonds is 6. The number of nitrogens with zero attached hydrogens (tertiary/aromatic N) is 1. The first-order valence-electron chi connectivity index (χ1n) is 6.08. The summed E-state index contributed by atoms with van der Waals surface area (Å²) < 4.78 is 13.3. The summed E-state index contributed by atoms with van der Waals surface area (Å²) in [5.74, 6) is -2.18. The van der Waals surface area contributed by atoms with Crippen LogP contribution >= 0.6 is 0 Å². The molecule has 0 aliphatic heterocycles. The lowest BCUT2D eigenvalue weighted by Gasteiger charge is -2.25. The molecule has 0 atom stereocenters. The third-order valence-electron chi connectivity index (χ3n) is 3.35. The van der Waals surface area contributed by atoms with Crippen LogP contribution in [0, 0.1) is 11.2 Å². The van der Waals surface area contributed by atoms with E-state index in [9.17, 15) is 19.1 Å². The highest BCUT2D eigenvalue weighted by atomic mass is 19.1. The van der Waals surface area contributed by atoms with Crippen molar-refractivity contribution in [3.63, 3.8) is 0 Å². The second-order valence-corrected chi connectivity index (χ2v) is 4.37. The number of halogens is 1. The molecule has 0 fully saturated rings. The van der Waals surface area contributed by atoms with E-state index < -0.39 is 23.1 Å². The number of amides is 1. The molecule has 0 saturated carbocycles. The van der Waals surface area contributed by atoms with Gasteiger partial charge in [-0.05, 0) is 18.9 Å². The number of hydrogen-bond acceptors (Lipinski definition) is 3. The summed E-state index contributed by atoms with van der Waals surface area (Å²) in [5.41, 5.74) is -1.10. The van der Waals surface area contributed by atoms with Gasteiger partial charge in [-0.2, -0.15) is 0 Å². The number of carbonyl (C=O) groups excluding carboxylic acids is 1. The Morgan fingerprint density at radius 3 is 2.53 bits per heavy atom. The van der Waals surface area contributed by atoms with Gasteiger partial charge in [-0.15, -0.1) is 0 Å². The Labute approximate surface area is 110 Å². The molecule has 104 valence electrons. The Morgan fingerprint density at radius 2 is 2.05 bits per heavy atom. The van der Waals surface area contributed by atoms with Gasteiger partial charge in [0.15, 0.2) is 5.82 Å². The zero-order valence-electron chi connectivity index (χ0n) is 10.9. The Hall–Kier alpha value is -1.98. The molecule has 0 spiro atoms. The predicted molar refractivity (Wildman–Crippen MR) is 68.1 cm³/mol. The highest BCUT2D eigenvalue weighted by molar-refractivity contribution is 5.94. The maximum Gasteiger partial charge on any atom is 0.310 e. The first-order chi connectivity index (χ1) is 8.95. The predicted octanol–water partition coefficient (Wildman–Crippen LogP) is 2.44. The molecule has 0 radical (unpaired) electrons. The van der Waals surface area contributed by atoms with E-state index >= 15 is 0 Å². The molecule has 1 aromatic heterocycles. The van der Waals surface area contributed by atoms with Crippen molar-refractivity contribution in [2.75, 3.05) is 5.32 Å². The van der Waals surface area contributed by atoms with Crippen molar-refractivity contribution in [3.8, 4) is 0 Å². The lowest BCUT2D eigenvalue weighted by molar-refractivity contribution is -0.151. The maximum absolute atomic E-state index is 13.3. The van der Waals surface area contributed by atoms with E-state index in [1.807, 2.05) is 0 Å². The third kappa shape index (κ3) is 3.49. The SMILES string of the molecule is CCC(CC)(CC(=O)Nc1ccncc1F)C(=O)O. The molecule has 2 N–H and O–H groups in total. The standard InChI is InChI=1S/C13H17FN2O3/c1-3-13(4-2,12(18)19)7-11(17)16-10-5-6-15-8-9(10)14/h5-6,8H,3-4,7H2,1-2H3,(H,18,19)(H,15,16,17). The minimum absolute atomic E-state index is 0.00601. The average molecular weight is 268 g/mol. The number of anilines is 1. The highest BCUT2D eigenvalue weighted by Gasteiger charge is 2.37. The first-order valence-corrected chi connectivity index (χ1v) is 6.08. The average Bonchev–Trinajstić information content (AvgIpc) is 2.38. The third-order valence-corrected chi connectivity index (χ3v) is 3.35. The topological polar surface area (TPSA) is 79.3 Å². The molecule has 1 aromatic rings. The van der Waals surface area contributed by atoms with Crippen LogP contribution in [0.25, 0.3) is 0 Å². The van der Waals surface area contributed by atoms with Crippen molar-refractivity contribution >= 4 is 17.6 Å². The monoisotopic (exact) mass is 268 g/mol. The van der Waals surface area contributed by atoms with Crippen LogP contribution < -0.4 is 5.32 Å². The summed E-state index contributed by atoms with van der Waals surface area (Å²) in [5, 5.41) is 11.6. The highest BCUT2D eigenvalue weighted by Crippen LogP contribution is 2.31. The molecule has 1 rings (SSSR count). The van der Waals surface area contributed by atoms with Crippen LogP contribution in [0.2, 0.25) is 0 Å². The zero-order valence-corrected chi connectivity index (χ0v) is 10.9. The quantitative estimate of drug-likeness (QED) is 0.830. The minimum Gasteiger partial charge on any atom is -0.481 e. The molecular weight excluding hydrogens is 251 g/mol. The smallest absolute Gasteiger partial charge is 0.310 e. The van der Waals surface area contributed by atoms with Gasteiger partial charge in [0.05, 0.1) is 17.3 Å². The van der Waals surface area contributed by atoms with Crippen molar-refractivity contribution in [2.45, 2.75) is 33.1 Å². The van der Waals surface area contributed by atoms with Crippen molar-refractivity contribution in [1.82, 2.24) is 4.98 Å². The van der Waals surface area contributed by atoms with Crippen molar-refractivity contribution in [3.05, 3.63) is 24.3 Å².